The molecule has 0 aliphatic carbocycles. The third-order valence-electron chi connectivity index (χ3n) is 5.91. The minimum Gasteiger partial charge on any atom is -0.496 e. The highest BCUT2D eigenvalue weighted by molar-refractivity contribution is 5.97. The van der Waals surface area contributed by atoms with Crippen molar-refractivity contribution in [3.8, 4) is 5.75 Å². The molecule has 0 spiro atoms. The quantitative estimate of drug-likeness (QED) is 0.695. The molecular formula is C25H32N2O4. The second-order valence-electron chi connectivity index (χ2n) is 8.00. The zero-order chi connectivity index (χ0) is 22.4. The topological polar surface area (TPSA) is 67.9 Å². The summed E-state index contributed by atoms with van der Waals surface area (Å²) in [6.07, 6.45) is 1.57. The third kappa shape index (κ3) is 5.07. The van der Waals surface area contributed by atoms with Crippen LogP contribution in [0.4, 0.5) is 5.69 Å². The second kappa shape index (κ2) is 10.4. The number of nitrogens with zero attached hydrogens (tertiary/aromatic N) is 1. The highest BCUT2D eigenvalue weighted by Gasteiger charge is 2.42. The highest BCUT2D eigenvalue weighted by Crippen LogP contribution is 2.43. The van der Waals surface area contributed by atoms with Crippen molar-refractivity contribution in [3.63, 3.8) is 0 Å². The van der Waals surface area contributed by atoms with Gasteiger partial charge in [0, 0.05) is 24.8 Å². The van der Waals surface area contributed by atoms with Crippen molar-refractivity contribution in [2.75, 3.05) is 25.7 Å². The van der Waals surface area contributed by atoms with Crippen LogP contribution in [0.25, 0.3) is 0 Å². The molecule has 31 heavy (non-hydrogen) atoms. The monoisotopic (exact) mass is 424 g/mol. The van der Waals surface area contributed by atoms with Gasteiger partial charge in [0.1, 0.15) is 5.75 Å². The molecule has 6 nitrogen and oxygen atoms in total. The van der Waals surface area contributed by atoms with E-state index >= 15 is 0 Å². The van der Waals surface area contributed by atoms with Gasteiger partial charge in [-0.3, -0.25) is 9.59 Å². The summed E-state index contributed by atoms with van der Waals surface area (Å²) < 4.78 is 10.9. The van der Waals surface area contributed by atoms with Gasteiger partial charge in [-0.2, -0.15) is 0 Å². The van der Waals surface area contributed by atoms with E-state index in [9.17, 15) is 9.59 Å². The predicted octanol–water partition coefficient (Wildman–Crippen LogP) is 4.03. The van der Waals surface area contributed by atoms with Crippen LogP contribution in [0.1, 0.15) is 43.4 Å². The van der Waals surface area contributed by atoms with Gasteiger partial charge in [-0.15, -0.1) is 0 Å². The highest BCUT2D eigenvalue weighted by atomic mass is 16.5. The molecule has 3 rings (SSSR count). The van der Waals surface area contributed by atoms with Gasteiger partial charge in [0.15, 0.2) is 0 Å². The van der Waals surface area contributed by atoms with Crippen LogP contribution in [0.15, 0.2) is 48.5 Å². The van der Waals surface area contributed by atoms with Crippen molar-refractivity contribution in [2.24, 2.45) is 5.92 Å². The molecule has 1 saturated heterocycles. The first-order valence-electron chi connectivity index (χ1n) is 10.8. The summed E-state index contributed by atoms with van der Waals surface area (Å²) in [5.41, 5.74) is 2.73. The Kier molecular flexibility index (Phi) is 7.69. The first-order valence-corrected chi connectivity index (χ1v) is 10.8. The summed E-state index contributed by atoms with van der Waals surface area (Å²) in [6.45, 7) is 4.48. The molecule has 1 N–H and O–H groups in total. The smallest absolute Gasteiger partial charge is 0.227 e. The van der Waals surface area contributed by atoms with Gasteiger partial charge in [-0.05, 0) is 38.0 Å². The summed E-state index contributed by atoms with van der Waals surface area (Å²) in [7, 11) is 3.24. The van der Waals surface area contributed by atoms with Crippen molar-refractivity contribution in [3.05, 3.63) is 59.7 Å². The van der Waals surface area contributed by atoms with Crippen molar-refractivity contribution < 1.29 is 19.1 Å². The number of piperidine rings is 1. The number of para-hydroxylation sites is 1. The Morgan fingerprint density at radius 3 is 2.52 bits per heavy atom. The molecule has 2 aromatic rings. The second-order valence-corrected chi connectivity index (χ2v) is 8.00. The minimum absolute atomic E-state index is 0.00717. The molecule has 1 aliphatic rings. The molecule has 0 saturated carbocycles. The van der Waals surface area contributed by atoms with E-state index in [4.69, 9.17) is 9.47 Å². The number of benzene rings is 2. The van der Waals surface area contributed by atoms with E-state index in [2.05, 4.69) is 5.32 Å². The average Bonchev–Trinajstić information content (AvgIpc) is 2.79. The molecule has 6 heteroatoms. The van der Waals surface area contributed by atoms with Gasteiger partial charge in [0.25, 0.3) is 0 Å². The Morgan fingerprint density at radius 1 is 1.16 bits per heavy atom. The van der Waals surface area contributed by atoms with Gasteiger partial charge in [-0.1, -0.05) is 42.8 Å². The van der Waals surface area contributed by atoms with E-state index in [1.54, 1.807) is 19.1 Å². The SMILES string of the molecule is CCC(COC)NC(=O)C1CCC(=O)N(c2ccc(C)cc2)C1c1ccccc1OC. The number of rotatable bonds is 8. The van der Waals surface area contributed by atoms with Crippen LogP contribution in [0.3, 0.4) is 0 Å². The Bertz CT molecular complexity index is 897. The molecule has 3 atom stereocenters. The summed E-state index contributed by atoms with van der Waals surface area (Å²) in [4.78, 5) is 28.3. The van der Waals surface area contributed by atoms with E-state index in [-0.39, 0.29) is 17.9 Å². The number of amides is 2. The number of carbonyl (C=O) groups is 2. The molecule has 0 bridgehead atoms. The molecule has 1 heterocycles. The first-order chi connectivity index (χ1) is 15.0. The zero-order valence-electron chi connectivity index (χ0n) is 18.8. The number of nitrogens with one attached hydrogen (secondary N) is 1. The summed E-state index contributed by atoms with van der Waals surface area (Å²) in [5.74, 6) is 0.208. The minimum atomic E-state index is -0.458. The molecule has 2 amide bonds. The zero-order valence-corrected chi connectivity index (χ0v) is 18.8. The van der Waals surface area contributed by atoms with Crippen molar-refractivity contribution >= 4 is 17.5 Å². The van der Waals surface area contributed by atoms with Gasteiger partial charge in [-0.25, -0.2) is 0 Å². The first kappa shape index (κ1) is 22.8. The fourth-order valence-corrected chi connectivity index (χ4v) is 4.21. The molecule has 2 aromatic carbocycles. The number of anilines is 1. The summed E-state index contributed by atoms with van der Waals surface area (Å²) in [6, 6.07) is 14.9. The number of methoxy groups -OCH3 is 2. The fraction of sp³-hybridized carbons (Fsp3) is 0.440. The molecule has 0 radical (unpaired) electrons. The van der Waals surface area contributed by atoms with Crippen LogP contribution in [0.2, 0.25) is 0 Å². The lowest BCUT2D eigenvalue weighted by Gasteiger charge is -2.41. The van der Waals surface area contributed by atoms with E-state index in [1.165, 1.54) is 0 Å². The lowest BCUT2D eigenvalue weighted by Crippen LogP contribution is -2.50. The number of hydrogen-bond acceptors (Lipinski definition) is 4. The largest absolute Gasteiger partial charge is 0.496 e. The maximum Gasteiger partial charge on any atom is 0.227 e. The summed E-state index contributed by atoms with van der Waals surface area (Å²) in [5, 5.41) is 3.13. The van der Waals surface area contributed by atoms with Gasteiger partial charge >= 0.3 is 0 Å². The van der Waals surface area contributed by atoms with Gasteiger partial charge in [0.2, 0.25) is 11.8 Å². The predicted molar refractivity (Wildman–Crippen MR) is 121 cm³/mol. The Labute approximate surface area is 184 Å². The summed E-state index contributed by atoms with van der Waals surface area (Å²) >= 11 is 0. The molecule has 3 unspecified atom stereocenters. The van der Waals surface area contributed by atoms with Crippen LogP contribution in [-0.4, -0.2) is 38.7 Å². The lowest BCUT2D eigenvalue weighted by atomic mass is 9.82. The Hall–Kier alpha value is -2.86. The molecule has 166 valence electrons. The van der Waals surface area contributed by atoms with Crippen molar-refractivity contribution in [2.45, 2.75) is 45.2 Å². The van der Waals surface area contributed by atoms with E-state index in [0.717, 1.165) is 23.2 Å². The van der Waals surface area contributed by atoms with Gasteiger partial charge in [0.05, 0.1) is 31.7 Å². The number of ether oxygens (including phenoxy) is 2. The van der Waals surface area contributed by atoms with Crippen LogP contribution in [0.5, 0.6) is 5.75 Å². The molecule has 1 fully saturated rings. The number of aryl methyl sites for hydroxylation is 1. The third-order valence-corrected chi connectivity index (χ3v) is 5.91. The normalized spacial score (nSPS) is 19.7. The molecular weight excluding hydrogens is 392 g/mol. The fourth-order valence-electron chi connectivity index (χ4n) is 4.21. The van der Waals surface area contributed by atoms with E-state index < -0.39 is 12.0 Å². The standard InChI is InChI=1S/C25H32N2O4/c1-5-18(16-30-3)26-25(29)21-14-15-23(28)27(19-12-10-17(2)11-13-19)24(21)20-8-6-7-9-22(20)31-4/h6-13,18,21,24H,5,14-16H2,1-4H3,(H,26,29). The lowest BCUT2D eigenvalue weighted by molar-refractivity contribution is -0.130. The Balaban J connectivity index is 2.05. The van der Waals surface area contributed by atoms with E-state index in [0.29, 0.717) is 25.2 Å². The van der Waals surface area contributed by atoms with Gasteiger partial charge < -0.3 is 19.7 Å². The van der Waals surface area contributed by atoms with Crippen LogP contribution in [-0.2, 0) is 14.3 Å². The number of carbonyl (C=O) groups excluding carboxylic acids is 2. The average molecular weight is 425 g/mol. The Morgan fingerprint density at radius 2 is 1.87 bits per heavy atom. The maximum atomic E-state index is 13.4. The molecule has 1 aliphatic heterocycles. The van der Waals surface area contributed by atoms with Crippen LogP contribution in [0, 0.1) is 12.8 Å². The van der Waals surface area contributed by atoms with Crippen LogP contribution < -0.4 is 15.0 Å². The number of hydrogen-bond donors (Lipinski definition) is 1. The van der Waals surface area contributed by atoms with E-state index in [1.807, 2.05) is 62.4 Å². The van der Waals surface area contributed by atoms with Crippen molar-refractivity contribution in [1.29, 1.82) is 0 Å². The molecule has 0 aromatic heterocycles. The van der Waals surface area contributed by atoms with Crippen molar-refractivity contribution in [1.82, 2.24) is 5.32 Å². The maximum absolute atomic E-state index is 13.4. The van der Waals surface area contributed by atoms with Crippen LogP contribution >= 0.6 is 0 Å².